The average molecular weight is 486 g/mol. The molecule has 3 atom stereocenters. The first-order chi connectivity index (χ1) is 14.8. The van der Waals surface area contributed by atoms with E-state index in [1.165, 1.54) is 33.6 Å². The Kier molecular flexibility index (Phi) is 5.87. The predicted molar refractivity (Wildman–Crippen MR) is 109 cm³/mol. The van der Waals surface area contributed by atoms with Crippen LogP contribution in [0.25, 0.3) is 0 Å². The summed E-state index contributed by atoms with van der Waals surface area (Å²) in [5.74, 6) is -2.07. The van der Waals surface area contributed by atoms with Crippen LogP contribution in [0.5, 0.6) is 0 Å². The molecule has 0 aliphatic carbocycles. The van der Waals surface area contributed by atoms with Gasteiger partial charge in [0.05, 0.1) is 5.69 Å². The van der Waals surface area contributed by atoms with Crippen LogP contribution in [-0.4, -0.2) is 81.0 Å². The van der Waals surface area contributed by atoms with Crippen LogP contribution in [0.2, 0.25) is 0 Å². The number of hydrogen-bond donors (Lipinski definition) is 4. The molecule has 0 aromatic carbocycles. The molecule has 2 aromatic rings. The highest BCUT2D eigenvalue weighted by Crippen LogP contribution is 2.41. The van der Waals surface area contributed by atoms with Crippen molar-refractivity contribution in [1.82, 2.24) is 35.4 Å². The number of nitrogens with zero attached hydrogens (tertiary/aromatic N) is 5. The molecule has 2 aromatic heterocycles. The number of hydrogen-bond acceptors (Lipinski definition) is 11. The quantitative estimate of drug-likeness (QED) is 0.265. The molecule has 4 rings (SSSR count). The summed E-state index contributed by atoms with van der Waals surface area (Å²) in [5.41, 5.74) is 0.441. The summed E-state index contributed by atoms with van der Waals surface area (Å²) in [6.45, 7) is 0. The Morgan fingerprint density at radius 1 is 1.45 bits per heavy atom. The molecule has 4 heterocycles. The topological polar surface area (TPSA) is 183 Å². The highest BCUT2D eigenvalue weighted by Gasteiger charge is 2.54. The fraction of sp³-hybridized carbons (Fsp3) is 0.400. The summed E-state index contributed by atoms with van der Waals surface area (Å²) in [5, 5.41) is 34.5. The summed E-state index contributed by atoms with van der Waals surface area (Å²) in [4.78, 5) is 51.1. The van der Waals surface area contributed by atoms with Gasteiger partial charge in [-0.15, -0.1) is 16.9 Å². The SMILES string of the molecule is Cn1nnnc1SCC1=C(C(=O)O)N2C(=O)C(NC(=O)C(O)c3csc(=O)[nH]3)[C@H]2SC1. The molecule has 2 aliphatic heterocycles. The number of thioether (sulfide) groups is 2. The number of aromatic amines is 1. The number of aliphatic hydroxyl groups is 1. The van der Waals surface area contributed by atoms with Gasteiger partial charge in [0.15, 0.2) is 6.10 Å². The minimum Gasteiger partial charge on any atom is -0.477 e. The number of nitrogens with one attached hydrogen (secondary N) is 2. The van der Waals surface area contributed by atoms with E-state index in [-0.39, 0.29) is 17.1 Å². The first-order valence-corrected chi connectivity index (χ1v) is 11.6. The highest BCUT2D eigenvalue weighted by atomic mass is 32.2. The van der Waals surface area contributed by atoms with Gasteiger partial charge in [-0.2, -0.15) is 0 Å². The van der Waals surface area contributed by atoms with Crippen molar-refractivity contribution in [3.05, 3.63) is 32.0 Å². The number of carboxylic acid groups (broad SMARTS) is 1. The lowest BCUT2D eigenvalue weighted by atomic mass is 10.0. The number of aliphatic hydroxyl groups excluding tert-OH is 1. The third-order valence-corrected chi connectivity index (χ3v) is 7.71. The zero-order chi connectivity index (χ0) is 22.3. The summed E-state index contributed by atoms with van der Waals surface area (Å²) < 4.78 is 1.46. The molecule has 13 nitrogen and oxygen atoms in total. The Morgan fingerprint density at radius 2 is 2.23 bits per heavy atom. The van der Waals surface area contributed by atoms with Crippen LogP contribution >= 0.6 is 34.9 Å². The smallest absolute Gasteiger partial charge is 0.352 e. The first-order valence-electron chi connectivity index (χ1n) is 8.69. The summed E-state index contributed by atoms with van der Waals surface area (Å²) in [7, 11) is 1.66. The van der Waals surface area contributed by atoms with Crippen LogP contribution in [0.4, 0.5) is 0 Å². The van der Waals surface area contributed by atoms with Crippen LogP contribution in [0.3, 0.4) is 0 Å². The second-order valence-electron chi connectivity index (χ2n) is 6.53. The summed E-state index contributed by atoms with van der Waals surface area (Å²) >= 11 is 3.36. The molecule has 1 saturated heterocycles. The van der Waals surface area contributed by atoms with E-state index in [1.54, 1.807) is 7.05 Å². The molecule has 164 valence electrons. The van der Waals surface area contributed by atoms with E-state index in [1.807, 2.05) is 0 Å². The lowest BCUT2D eigenvalue weighted by molar-refractivity contribution is -0.151. The van der Waals surface area contributed by atoms with Crippen molar-refractivity contribution >= 4 is 52.6 Å². The number of aliphatic carboxylic acids is 1. The summed E-state index contributed by atoms with van der Waals surface area (Å²) in [6, 6.07) is -0.982. The number of aryl methyl sites for hydroxylation is 1. The maximum absolute atomic E-state index is 12.7. The van der Waals surface area contributed by atoms with E-state index in [0.29, 0.717) is 16.5 Å². The van der Waals surface area contributed by atoms with Crippen molar-refractivity contribution < 1.29 is 24.6 Å². The lowest BCUT2D eigenvalue weighted by Crippen LogP contribution is -2.70. The van der Waals surface area contributed by atoms with Gasteiger partial charge in [-0.05, 0) is 16.0 Å². The van der Waals surface area contributed by atoms with Crippen LogP contribution in [0.1, 0.15) is 11.8 Å². The fourth-order valence-electron chi connectivity index (χ4n) is 3.09. The molecule has 4 N–H and O–H groups in total. The van der Waals surface area contributed by atoms with Gasteiger partial charge < -0.3 is 20.5 Å². The van der Waals surface area contributed by atoms with E-state index in [0.717, 1.165) is 16.2 Å². The Balaban J connectivity index is 1.46. The van der Waals surface area contributed by atoms with Gasteiger partial charge >= 0.3 is 10.8 Å². The van der Waals surface area contributed by atoms with Crippen molar-refractivity contribution in [3.63, 3.8) is 0 Å². The molecule has 2 aliphatic rings. The number of tetrazole rings is 1. The molecule has 16 heteroatoms. The van der Waals surface area contributed by atoms with Gasteiger partial charge in [-0.25, -0.2) is 9.48 Å². The molecule has 0 saturated carbocycles. The highest BCUT2D eigenvalue weighted by molar-refractivity contribution is 8.01. The van der Waals surface area contributed by atoms with E-state index < -0.39 is 40.2 Å². The maximum Gasteiger partial charge on any atom is 0.352 e. The molecule has 31 heavy (non-hydrogen) atoms. The Morgan fingerprint density at radius 3 is 2.84 bits per heavy atom. The molecule has 0 radical (unpaired) electrons. The summed E-state index contributed by atoms with van der Waals surface area (Å²) in [6.07, 6.45) is -1.64. The third kappa shape index (κ3) is 3.98. The maximum atomic E-state index is 12.7. The van der Waals surface area contributed by atoms with Crippen LogP contribution in [-0.2, 0) is 21.4 Å². The number of carbonyl (C=O) groups is 3. The number of β-lactam (4-membered cyclic amide) rings is 1. The number of thiazole rings is 1. The molecule has 0 bridgehead atoms. The number of aromatic nitrogens is 5. The van der Waals surface area contributed by atoms with E-state index in [2.05, 4.69) is 25.8 Å². The van der Waals surface area contributed by atoms with Crippen molar-refractivity contribution in [2.45, 2.75) is 22.7 Å². The Labute approximate surface area is 185 Å². The molecule has 0 spiro atoms. The second kappa shape index (κ2) is 8.45. The predicted octanol–water partition coefficient (Wildman–Crippen LogP) is -1.48. The number of fused-ring (bicyclic) bond motifs is 1. The standard InChI is InChI=1S/C15H15N7O6S3/c1-21-14(18-19-20-21)30-3-5-2-29-12-7(11(25)22(12)8(5)13(26)27)17-10(24)9(23)6-4-31-15(28)16-6/h4,7,9,12,23H,2-3H2,1H3,(H,16,28)(H,17,24)(H,26,27)/t7?,9?,12-/m1/s1. The molecular formula is C15H15N7O6S3. The monoisotopic (exact) mass is 485 g/mol. The number of carboxylic acids is 1. The van der Waals surface area contributed by atoms with Crippen molar-refractivity contribution in [3.8, 4) is 0 Å². The molecule has 2 unspecified atom stereocenters. The van der Waals surface area contributed by atoms with Gasteiger partial charge in [-0.3, -0.25) is 19.3 Å². The largest absolute Gasteiger partial charge is 0.477 e. The Hall–Kier alpha value is -2.69. The zero-order valence-electron chi connectivity index (χ0n) is 15.7. The lowest BCUT2D eigenvalue weighted by Gasteiger charge is -2.49. The van der Waals surface area contributed by atoms with Crippen molar-refractivity contribution in [2.24, 2.45) is 7.05 Å². The van der Waals surface area contributed by atoms with E-state index in [9.17, 15) is 29.4 Å². The Bertz CT molecular complexity index is 1140. The van der Waals surface area contributed by atoms with E-state index >= 15 is 0 Å². The molecule has 1 fully saturated rings. The normalized spacial score (nSPS) is 21.5. The van der Waals surface area contributed by atoms with Crippen LogP contribution in [0.15, 0.2) is 26.6 Å². The molecule has 2 amide bonds. The van der Waals surface area contributed by atoms with Gasteiger partial charge in [0.25, 0.3) is 11.8 Å². The first kappa shape index (κ1) is 21.5. The van der Waals surface area contributed by atoms with Crippen molar-refractivity contribution in [2.75, 3.05) is 11.5 Å². The second-order valence-corrected chi connectivity index (χ2v) is 9.42. The number of rotatable bonds is 7. The van der Waals surface area contributed by atoms with Crippen LogP contribution in [0, 0.1) is 0 Å². The number of H-pyrrole nitrogens is 1. The van der Waals surface area contributed by atoms with Crippen molar-refractivity contribution in [1.29, 1.82) is 0 Å². The van der Waals surface area contributed by atoms with E-state index in [4.69, 9.17) is 0 Å². The van der Waals surface area contributed by atoms with Crippen LogP contribution < -0.4 is 10.2 Å². The van der Waals surface area contributed by atoms with Gasteiger partial charge in [0.2, 0.25) is 5.16 Å². The number of amides is 2. The third-order valence-electron chi connectivity index (χ3n) is 4.59. The average Bonchev–Trinajstić information content (AvgIpc) is 3.36. The van der Waals surface area contributed by atoms with Gasteiger partial charge in [0.1, 0.15) is 17.1 Å². The zero-order valence-corrected chi connectivity index (χ0v) is 18.2. The molecular weight excluding hydrogens is 470 g/mol. The number of carbonyl (C=O) groups excluding carboxylic acids is 2. The fourth-order valence-corrected chi connectivity index (χ4v) is 6.02. The van der Waals surface area contributed by atoms with Gasteiger partial charge in [-0.1, -0.05) is 23.1 Å². The minimum absolute atomic E-state index is 0.0242. The minimum atomic E-state index is -1.64. The van der Waals surface area contributed by atoms with Gasteiger partial charge in [0, 0.05) is 23.9 Å².